The quantitative estimate of drug-likeness (QED) is 0.568. The van der Waals surface area contributed by atoms with Gasteiger partial charge in [-0.2, -0.15) is 13.2 Å². The lowest BCUT2D eigenvalue weighted by Crippen LogP contribution is -3.13. The van der Waals surface area contributed by atoms with Gasteiger partial charge >= 0.3 is 6.18 Å². The average molecular weight is 426 g/mol. The molecule has 3 rings (SSSR count). The first-order valence-corrected chi connectivity index (χ1v) is 9.38. The van der Waals surface area contributed by atoms with Crippen LogP contribution in [0, 0.1) is 10.1 Å². The molecule has 0 atom stereocenters. The molecule has 2 aromatic carbocycles. The van der Waals surface area contributed by atoms with Crippen molar-refractivity contribution < 1.29 is 32.5 Å². The maximum absolute atomic E-state index is 13.0. The summed E-state index contributed by atoms with van der Waals surface area (Å²) in [5.74, 6) is 0.706. The number of hydrogen-bond donors (Lipinski definition) is 1. The monoisotopic (exact) mass is 426 g/mol. The first kappa shape index (κ1) is 21.7. The molecule has 30 heavy (non-hydrogen) atoms. The van der Waals surface area contributed by atoms with E-state index in [2.05, 4.69) is 0 Å². The Hall–Kier alpha value is -3.01. The van der Waals surface area contributed by atoms with Crippen LogP contribution in [0.5, 0.6) is 11.5 Å². The standard InChI is InChI=1S/C20H22F3N3O4/c1-29-18-10-14(17(26(27)28)12-19(18)30-2)13-24-6-8-25(9-7-24)16-5-3-4-15(11-16)20(21,22)23/h3-5,10-12H,6-9,13H2,1-2H3/p+1. The number of hydrogen-bond acceptors (Lipinski definition) is 5. The molecule has 0 amide bonds. The number of nitrogens with zero attached hydrogens (tertiary/aromatic N) is 2. The summed E-state index contributed by atoms with van der Waals surface area (Å²) in [6.45, 7) is 2.80. The van der Waals surface area contributed by atoms with Gasteiger partial charge in [-0.25, -0.2) is 0 Å². The number of quaternary nitrogens is 1. The van der Waals surface area contributed by atoms with E-state index in [9.17, 15) is 23.3 Å². The van der Waals surface area contributed by atoms with Crippen LogP contribution in [0.2, 0.25) is 0 Å². The fraction of sp³-hybridized carbons (Fsp3) is 0.400. The lowest BCUT2D eigenvalue weighted by atomic mass is 10.1. The first-order chi connectivity index (χ1) is 14.2. The summed E-state index contributed by atoms with van der Waals surface area (Å²) in [5.41, 5.74) is 0.345. The number of ether oxygens (including phenoxy) is 2. The lowest BCUT2D eigenvalue weighted by Gasteiger charge is -2.34. The highest BCUT2D eigenvalue weighted by Crippen LogP contribution is 2.34. The van der Waals surface area contributed by atoms with Gasteiger partial charge in [0, 0.05) is 5.69 Å². The highest BCUT2D eigenvalue weighted by molar-refractivity contribution is 5.54. The van der Waals surface area contributed by atoms with Crippen molar-refractivity contribution in [3.63, 3.8) is 0 Å². The topological polar surface area (TPSA) is 69.3 Å². The van der Waals surface area contributed by atoms with Gasteiger partial charge in [-0.05, 0) is 24.3 Å². The minimum atomic E-state index is -4.38. The molecule has 0 spiro atoms. The van der Waals surface area contributed by atoms with Gasteiger partial charge in [0.05, 0.1) is 62.5 Å². The van der Waals surface area contributed by atoms with Gasteiger partial charge in [0.25, 0.3) is 5.69 Å². The number of alkyl halides is 3. The van der Waals surface area contributed by atoms with Crippen LogP contribution in [-0.2, 0) is 12.7 Å². The van der Waals surface area contributed by atoms with E-state index in [1.807, 2.05) is 4.90 Å². The largest absolute Gasteiger partial charge is 0.493 e. The van der Waals surface area contributed by atoms with Crippen molar-refractivity contribution in [3.05, 3.63) is 57.6 Å². The Morgan fingerprint density at radius 2 is 1.73 bits per heavy atom. The molecule has 0 radical (unpaired) electrons. The van der Waals surface area contributed by atoms with Crippen LogP contribution in [0.1, 0.15) is 11.1 Å². The molecule has 1 aliphatic rings. The van der Waals surface area contributed by atoms with Crippen molar-refractivity contribution in [2.45, 2.75) is 12.7 Å². The fourth-order valence-electron chi connectivity index (χ4n) is 3.63. The molecule has 0 unspecified atom stereocenters. The summed E-state index contributed by atoms with van der Waals surface area (Å²) in [6.07, 6.45) is -4.38. The van der Waals surface area contributed by atoms with E-state index in [1.165, 1.54) is 26.4 Å². The number of halogens is 3. The number of methoxy groups -OCH3 is 2. The first-order valence-electron chi connectivity index (χ1n) is 9.38. The van der Waals surface area contributed by atoms with Gasteiger partial charge in [-0.3, -0.25) is 10.1 Å². The molecular weight excluding hydrogens is 403 g/mol. The van der Waals surface area contributed by atoms with E-state index in [1.54, 1.807) is 12.1 Å². The number of nitrogens with one attached hydrogen (secondary N) is 1. The molecule has 0 aliphatic carbocycles. The molecule has 1 saturated heterocycles. The van der Waals surface area contributed by atoms with E-state index in [0.29, 0.717) is 49.7 Å². The van der Waals surface area contributed by atoms with Crippen molar-refractivity contribution in [2.75, 3.05) is 45.3 Å². The van der Waals surface area contributed by atoms with Gasteiger partial charge in [0.15, 0.2) is 11.5 Å². The summed E-state index contributed by atoms with van der Waals surface area (Å²) in [7, 11) is 2.88. The summed E-state index contributed by atoms with van der Waals surface area (Å²) in [5, 5.41) is 11.5. The Morgan fingerprint density at radius 1 is 1.10 bits per heavy atom. The van der Waals surface area contributed by atoms with Crippen molar-refractivity contribution in [3.8, 4) is 11.5 Å². The van der Waals surface area contributed by atoms with E-state index >= 15 is 0 Å². The van der Waals surface area contributed by atoms with E-state index in [0.717, 1.165) is 17.0 Å². The highest BCUT2D eigenvalue weighted by atomic mass is 19.4. The van der Waals surface area contributed by atoms with E-state index < -0.39 is 16.7 Å². The molecular formula is C20H23F3N3O4+. The van der Waals surface area contributed by atoms with Gasteiger partial charge in [0.1, 0.15) is 6.54 Å². The maximum Gasteiger partial charge on any atom is 0.416 e. The molecule has 2 aromatic rings. The summed E-state index contributed by atoms with van der Waals surface area (Å²) < 4.78 is 49.3. The van der Waals surface area contributed by atoms with Crippen LogP contribution in [0.3, 0.4) is 0 Å². The minimum absolute atomic E-state index is 0.0412. The number of anilines is 1. The molecule has 0 bridgehead atoms. The van der Waals surface area contributed by atoms with Crippen molar-refractivity contribution in [1.29, 1.82) is 0 Å². The van der Waals surface area contributed by atoms with Crippen LogP contribution >= 0.6 is 0 Å². The molecule has 162 valence electrons. The predicted octanol–water partition coefficient (Wildman–Crippen LogP) is 2.54. The van der Waals surface area contributed by atoms with E-state index in [-0.39, 0.29) is 11.4 Å². The second kappa shape index (κ2) is 8.78. The summed E-state index contributed by atoms with van der Waals surface area (Å²) in [4.78, 5) is 14.0. The Balaban J connectivity index is 1.71. The van der Waals surface area contributed by atoms with Gasteiger partial charge in [-0.1, -0.05) is 6.07 Å². The van der Waals surface area contributed by atoms with E-state index in [4.69, 9.17) is 9.47 Å². The normalized spacial score (nSPS) is 15.2. The third-order valence-corrected chi connectivity index (χ3v) is 5.23. The average Bonchev–Trinajstić information content (AvgIpc) is 2.73. The molecule has 1 fully saturated rings. The highest BCUT2D eigenvalue weighted by Gasteiger charge is 2.31. The third kappa shape index (κ3) is 4.76. The summed E-state index contributed by atoms with van der Waals surface area (Å²) >= 11 is 0. The minimum Gasteiger partial charge on any atom is -0.493 e. The maximum atomic E-state index is 13.0. The van der Waals surface area contributed by atoms with Gasteiger partial charge in [0.2, 0.25) is 0 Å². The van der Waals surface area contributed by atoms with Crippen LogP contribution in [0.25, 0.3) is 0 Å². The second-order valence-corrected chi connectivity index (χ2v) is 7.05. The van der Waals surface area contributed by atoms with Gasteiger partial charge < -0.3 is 19.3 Å². The van der Waals surface area contributed by atoms with Crippen LogP contribution in [0.15, 0.2) is 36.4 Å². The zero-order valence-corrected chi connectivity index (χ0v) is 16.7. The molecule has 0 saturated carbocycles. The Labute approximate surface area is 171 Å². The zero-order chi connectivity index (χ0) is 21.9. The number of piperazine rings is 1. The lowest BCUT2D eigenvalue weighted by molar-refractivity contribution is -0.914. The molecule has 0 aromatic heterocycles. The second-order valence-electron chi connectivity index (χ2n) is 7.05. The fourth-order valence-corrected chi connectivity index (χ4v) is 3.63. The Bertz CT molecular complexity index is 913. The number of rotatable bonds is 6. The molecule has 1 heterocycles. The molecule has 1 N–H and O–H groups in total. The Morgan fingerprint density at radius 3 is 2.30 bits per heavy atom. The molecule has 10 heteroatoms. The molecule has 1 aliphatic heterocycles. The third-order valence-electron chi connectivity index (χ3n) is 5.23. The van der Waals surface area contributed by atoms with Crippen LogP contribution in [0.4, 0.5) is 24.5 Å². The SMILES string of the molecule is COc1cc(C[NH+]2CCN(c3cccc(C(F)(F)F)c3)CC2)c([N+](=O)[O-])cc1OC. The summed E-state index contributed by atoms with van der Waals surface area (Å²) in [6, 6.07) is 8.25. The number of benzene rings is 2. The smallest absolute Gasteiger partial charge is 0.416 e. The van der Waals surface area contributed by atoms with Crippen molar-refractivity contribution >= 4 is 11.4 Å². The zero-order valence-electron chi connectivity index (χ0n) is 16.7. The number of nitro benzene ring substituents is 1. The Kier molecular flexibility index (Phi) is 6.35. The van der Waals surface area contributed by atoms with Crippen molar-refractivity contribution in [1.82, 2.24) is 0 Å². The van der Waals surface area contributed by atoms with Gasteiger partial charge in [-0.15, -0.1) is 0 Å². The van der Waals surface area contributed by atoms with Crippen LogP contribution in [-0.4, -0.2) is 45.3 Å². The molecule has 7 nitrogen and oxygen atoms in total. The predicted molar refractivity (Wildman–Crippen MR) is 104 cm³/mol. The number of nitro groups is 1. The van der Waals surface area contributed by atoms with Crippen molar-refractivity contribution in [2.24, 2.45) is 0 Å². The van der Waals surface area contributed by atoms with Crippen LogP contribution < -0.4 is 19.3 Å².